The Bertz CT molecular complexity index is 454. The van der Waals surface area contributed by atoms with Crippen molar-refractivity contribution in [1.82, 2.24) is 4.90 Å². The molecule has 0 aliphatic carbocycles. The van der Waals surface area contributed by atoms with Crippen LogP contribution in [-0.2, 0) is 0 Å². The summed E-state index contributed by atoms with van der Waals surface area (Å²) in [6.07, 6.45) is 0.565. The van der Waals surface area contributed by atoms with Gasteiger partial charge >= 0.3 is 0 Å². The van der Waals surface area contributed by atoms with Crippen LogP contribution in [0.3, 0.4) is 0 Å². The molecule has 0 radical (unpaired) electrons. The fraction of sp³-hybridized carbons (Fsp3) is 0.533. The topological polar surface area (TPSA) is 40.5 Å². The van der Waals surface area contributed by atoms with Gasteiger partial charge in [-0.1, -0.05) is 17.7 Å². The highest BCUT2D eigenvalue weighted by Gasteiger charge is 2.29. The summed E-state index contributed by atoms with van der Waals surface area (Å²) >= 11 is 0. The molecule has 1 amide bonds. The van der Waals surface area contributed by atoms with Gasteiger partial charge in [0.05, 0.1) is 6.10 Å². The third-order valence-electron chi connectivity index (χ3n) is 3.82. The number of hydrogen-bond donors (Lipinski definition) is 1. The van der Waals surface area contributed by atoms with Gasteiger partial charge in [0, 0.05) is 24.6 Å². The number of carbonyl (C=O) groups excluding carboxylic acids is 1. The maximum atomic E-state index is 12.4. The van der Waals surface area contributed by atoms with Gasteiger partial charge in [0.15, 0.2) is 0 Å². The molecule has 1 heterocycles. The van der Waals surface area contributed by atoms with E-state index >= 15 is 0 Å². The van der Waals surface area contributed by atoms with Crippen LogP contribution in [0.1, 0.15) is 34.8 Å². The van der Waals surface area contributed by atoms with Gasteiger partial charge < -0.3 is 10.0 Å². The molecule has 0 saturated carbocycles. The largest absolute Gasteiger partial charge is 0.393 e. The van der Waals surface area contributed by atoms with E-state index in [0.29, 0.717) is 6.54 Å². The molecule has 0 bridgehead atoms. The summed E-state index contributed by atoms with van der Waals surface area (Å²) < 4.78 is 0. The number of aryl methyl sites for hydroxylation is 2. The molecule has 0 spiro atoms. The smallest absolute Gasteiger partial charge is 0.254 e. The molecule has 3 heteroatoms. The summed E-state index contributed by atoms with van der Waals surface area (Å²) in [5, 5.41) is 9.58. The fourth-order valence-corrected chi connectivity index (χ4v) is 2.50. The molecule has 1 aromatic rings. The molecular weight excluding hydrogens is 226 g/mol. The maximum Gasteiger partial charge on any atom is 0.254 e. The van der Waals surface area contributed by atoms with Gasteiger partial charge in [-0.2, -0.15) is 0 Å². The second-order valence-electron chi connectivity index (χ2n) is 5.36. The Morgan fingerprint density at radius 3 is 2.78 bits per heavy atom. The Balaban J connectivity index is 2.15. The van der Waals surface area contributed by atoms with Crippen molar-refractivity contribution in [3.8, 4) is 0 Å². The number of aliphatic hydroxyl groups excluding tert-OH is 1. The summed E-state index contributed by atoms with van der Waals surface area (Å²) in [5.74, 6) is 0.318. The van der Waals surface area contributed by atoms with E-state index in [9.17, 15) is 9.90 Å². The normalized spacial score (nSPS) is 21.1. The number of aliphatic hydroxyl groups is 1. The average molecular weight is 247 g/mol. The lowest BCUT2D eigenvalue weighted by Gasteiger charge is -2.19. The van der Waals surface area contributed by atoms with Gasteiger partial charge in [-0.3, -0.25) is 4.79 Å². The van der Waals surface area contributed by atoms with E-state index in [1.807, 2.05) is 36.9 Å². The average Bonchev–Trinajstić information content (AvgIpc) is 2.81. The van der Waals surface area contributed by atoms with Gasteiger partial charge in [-0.05, 0) is 38.8 Å². The standard InChI is InChI=1S/C15H21NO2/c1-10-4-5-11(2)14(8-10)15(18)16-7-6-13(9-16)12(3)17/h4-5,8,12-13,17H,6-7,9H2,1-3H3. The van der Waals surface area contributed by atoms with E-state index < -0.39 is 0 Å². The fourth-order valence-electron chi connectivity index (χ4n) is 2.50. The minimum atomic E-state index is -0.332. The van der Waals surface area contributed by atoms with E-state index in [1.165, 1.54) is 0 Å². The van der Waals surface area contributed by atoms with Crippen molar-refractivity contribution >= 4 is 5.91 Å². The third-order valence-corrected chi connectivity index (χ3v) is 3.82. The highest BCUT2D eigenvalue weighted by molar-refractivity contribution is 5.96. The predicted molar refractivity (Wildman–Crippen MR) is 71.6 cm³/mol. The summed E-state index contributed by atoms with van der Waals surface area (Å²) in [5.41, 5.74) is 2.92. The molecule has 2 unspecified atom stereocenters. The zero-order valence-electron chi connectivity index (χ0n) is 11.3. The summed E-state index contributed by atoms with van der Waals surface area (Å²) in [7, 11) is 0. The molecule has 2 atom stereocenters. The van der Waals surface area contributed by atoms with Crippen molar-refractivity contribution in [1.29, 1.82) is 0 Å². The Morgan fingerprint density at radius 2 is 2.17 bits per heavy atom. The molecule has 1 aliphatic rings. The number of amides is 1. The van der Waals surface area contributed by atoms with Crippen LogP contribution in [0.25, 0.3) is 0 Å². The van der Waals surface area contributed by atoms with Crippen LogP contribution < -0.4 is 0 Å². The minimum absolute atomic E-state index is 0.0966. The maximum absolute atomic E-state index is 12.4. The first kappa shape index (κ1) is 13.1. The second kappa shape index (κ2) is 5.11. The van der Waals surface area contributed by atoms with Crippen LogP contribution in [0.5, 0.6) is 0 Å². The van der Waals surface area contributed by atoms with E-state index in [-0.39, 0.29) is 17.9 Å². The van der Waals surface area contributed by atoms with E-state index in [1.54, 1.807) is 6.92 Å². The highest BCUT2D eigenvalue weighted by Crippen LogP contribution is 2.23. The number of hydrogen-bond acceptors (Lipinski definition) is 2. The summed E-state index contributed by atoms with van der Waals surface area (Å²) in [6.45, 7) is 7.19. The molecule has 18 heavy (non-hydrogen) atoms. The molecule has 1 N–H and O–H groups in total. The van der Waals surface area contributed by atoms with Gasteiger partial charge in [0.25, 0.3) is 5.91 Å². The number of carbonyl (C=O) groups is 1. The Labute approximate surface area is 108 Å². The van der Waals surface area contributed by atoms with Gasteiger partial charge in [0.1, 0.15) is 0 Å². The summed E-state index contributed by atoms with van der Waals surface area (Å²) in [6, 6.07) is 5.97. The third kappa shape index (κ3) is 2.56. The molecule has 1 fully saturated rings. The van der Waals surface area contributed by atoms with E-state index in [4.69, 9.17) is 0 Å². The van der Waals surface area contributed by atoms with E-state index in [0.717, 1.165) is 29.7 Å². The lowest BCUT2D eigenvalue weighted by Crippen LogP contribution is -2.30. The second-order valence-corrected chi connectivity index (χ2v) is 5.36. The molecule has 98 valence electrons. The first-order valence-electron chi connectivity index (χ1n) is 6.53. The van der Waals surface area contributed by atoms with Crippen molar-refractivity contribution in [2.24, 2.45) is 5.92 Å². The van der Waals surface area contributed by atoms with Crippen molar-refractivity contribution < 1.29 is 9.90 Å². The molecule has 1 aliphatic heterocycles. The highest BCUT2D eigenvalue weighted by atomic mass is 16.3. The number of nitrogens with zero attached hydrogens (tertiary/aromatic N) is 1. The molecule has 2 rings (SSSR count). The van der Waals surface area contributed by atoms with Crippen molar-refractivity contribution in [3.63, 3.8) is 0 Å². The minimum Gasteiger partial charge on any atom is -0.393 e. The van der Waals surface area contributed by atoms with Crippen LogP contribution in [0, 0.1) is 19.8 Å². The van der Waals surface area contributed by atoms with E-state index in [2.05, 4.69) is 0 Å². The van der Waals surface area contributed by atoms with Crippen LogP contribution in [0.15, 0.2) is 18.2 Å². The number of likely N-dealkylation sites (tertiary alicyclic amines) is 1. The SMILES string of the molecule is Cc1ccc(C)c(C(=O)N2CCC(C(C)O)C2)c1. The molecular formula is C15H21NO2. The number of benzene rings is 1. The van der Waals surface area contributed by atoms with Crippen LogP contribution in [-0.4, -0.2) is 35.1 Å². The Kier molecular flexibility index (Phi) is 3.71. The number of rotatable bonds is 2. The quantitative estimate of drug-likeness (QED) is 0.870. The van der Waals surface area contributed by atoms with Crippen LogP contribution >= 0.6 is 0 Å². The first-order valence-corrected chi connectivity index (χ1v) is 6.53. The van der Waals surface area contributed by atoms with Crippen LogP contribution in [0.4, 0.5) is 0 Å². The molecule has 1 aromatic carbocycles. The van der Waals surface area contributed by atoms with Gasteiger partial charge in [0.2, 0.25) is 0 Å². The van der Waals surface area contributed by atoms with Gasteiger partial charge in [-0.25, -0.2) is 0 Å². The first-order chi connectivity index (χ1) is 8.49. The molecule has 0 aromatic heterocycles. The molecule has 3 nitrogen and oxygen atoms in total. The molecule has 1 saturated heterocycles. The monoisotopic (exact) mass is 247 g/mol. The van der Waals surface area contributed by atoms with Crippen molar-refractivity contribution in [2.45, 2.75) is 33.3 Å². The zero-order chi connectivity index (χ0) is 13.3. The van der Waals surface area contributed by atoms with Crippen molar-refractivity contribution in [3.05, 3.63) is 34.9 Å². The predicted octanol–water partition coefficient (Wildman–Crippen LogP) is 2.15. The zero-order valence-corrected chi connectivity index (χ0v) is 11.3. The Hall–Kier alpha value is -1.35. The Morgan fingerprint density at radius 1 is 1.44 bits per heavy atom. The lowest BCUT2D eigenvalue weighted by atomic mass is 10.0. The van der Waals surface area contributed by atoms with Gasteiger partial charge in [-0.15, -0.1) is 0 Å². The summed E-state index contributed by atoms with van der Waals surface area (Å²) in [4.78, 5) is 14.3. The lowest BCUT2D eigenvalue weighted by molar-refractivity contribution is 0.0761. The van der Waals surface area contributed by atoms with Crippen LogP contribution in [0.2, 0.25) is 0 Å². The van der Waals surface area contributed by atoms with Crippen molar-refractivity contribution in [2.75, 3.05) is 13.1 Å².